The van der Waals surface area contributed by atoms with Gasteiger partial charge in [-0.2, -0.15) is 0 Å². The van der Waals surface area contributed by atoms with Crippen molar-refractivity contribution in [1.29, 1.82) is 0 Å². The number of hydrogen-bond acceptors (Lipinski definition) is 6. The van der Waals surface area contributed by atoms with E-state index < -0.39 is 0 Å². The summed E-state index contributed by atoms with van der Waals surface area (Å²) in [6.45, 7) is 1.48. The van der Waals surface area contributed by atoms with Crippen LogP contribution in [0.1, 0.15) is 12.6 Å². The summed E-state index contributed by atoms with van der Waals surface area (Å²) in [4.78, 5) is 20.0. The smallest absolute Gasteiger partial charge is 0.233 e. The van der Waals surface area contributed by atoms with Crippen LogP contribution < -0.4 is 5.32 Å². The second-order valence-corrected chi connectivity index (χ2v) is 6.51. The summed E-state index contributed by atoms with van der Waals surface area (Å²) in [6, 6.07) is 9.40. The summed E-state index contributed by atoms with van der Waals surface area (Å²) >= 11 is 1.54. The fourth-order valence-electron chi connectivity index (χ4n) is 2.52. The molecule has 0 saturated carbocycles. The maximum Gasteiger partial charge on any atom is 0.233 e. The molecule has 0 spiro atoms. The molecular weight excluding hydrogens is 350 g/mol. The quantitative estimate of drug-likeness (QED) is 0.547. The fraction of sp³-hybridized carbons (Fsp3) is 0.118. The van der Waals surface area contributed by atoms with Gasteiger partial charge < -0.3 is 5.32 Å². The van der Waals surface area contributed by atoms with E-state index >= 15 is 0 Å². The van der Waals surface area contributed by atoms with E-state index in [1.54, 1.807) is 12.5 Å². The van der Waals surface area contributed by atoms with Gasteiger partial charge in [-0.1, -0.05) is 17.8 Å². The average molecular weight is 365 g/mol. The van der Waals surface area contributed by atoms with Crippen molar-refractivity contribution >= 4 is 29.1 Å². The van der Waals surface area contributed by atoms with Crippen molar-refractivity contribution in [2.75, 3.05) is 5.32 Å². The number of nitrogens with one attached hydrogen (secondary N) is 1. The van der Waals surface area contributed by atoms with E-state index in [1.807, 2.05) is 51.7 Å². The zero-order chi connectivity index (χ0) is 17.9. The number of amides is 1. The Hall–Kier alpha value is -3.20. The van der Waals surface area contributed by atoms with E-state index in [0.717, 1.165) is 22.2 Å². The molecule has 3 aromatic heterocycles. The second-order valence-electron chi connectivity index (χ2n) is 5.56. The first kappa shape index (κ1) is 16.3. The molecule has 4 aromatic rings. The standard InChI is InChI=1S/C17H15N7OS/c1-12(25)20-13-4-2-5-15(8-13)24-11-19-22-17(24)26-10-14-9-23-7-3-6-18-16(23)21-14/h2-9,11H,10H2,1H3,(H,20,25). The van der Waals surface area contributed by atoms with Gasteiger partial charge in [-0.15, -0.1) is 10.2 Å². The van der Waals surface area contributed by atoms with Crippen LogP contribution in [0.15, 0.2) is 60.4 Å². The van der Waals surface area contributed by atoms with Crippen LogP contribution in [0.2, 0.25) is 0 Å². The van der Waals surface area contributed by atoms with Crippen molar-refractivity contribution < 1.29 is 4.79 Å². The number of aromatic nitrogens is 6. The summed E-state index contributed by atoms with van der Waals surface area (Å²) in [5.41, 5.74) is 2.52. The molecule has 1 aromatic carbocycles. The number of nitrogens with zero attached hydrogens (tertiary/aromatic N) is 6. The number of anilines is 1. The highest BCUT2D eigenvalue weighted by Gasteiger charge is 2.10. The number of imidazole rings is 1. The lowest BCUT2D eigenvalue weighted by Crippen LogP contribution is -2.06. The lowest BCUT2D eigenvalue weighted by Gasteiger charge is -2.08. The largest absolute Gasteiger partial charge is 0.326 e. The predicted octanol–water partition coefficient (Wildman–Crippen LogP) is 2.56. The van der Waals surface area contributed by atoms with Gasteiger partial charge in [0.15, 0.2) is 5.16 Å². The van der Waals surface area contributed by atoms with Crippen molar-refractivity contribution in [1.82, 2.24) is 29.1 Å². The van der Waals surface area contributed by atoms with Gasteiger partial charge in [0.2, 0.25) is 11.7 Å². The molecule has 0 radical (unpaired) electrons. The van der Waals surface area contributed by atoms with E-state index in [4.69, 9.17) is 0 Å². The van der Waals surface area contributed by atoms with Crippen molar-refractivity contribution in [2.45, 2.75) is 17.8 Å². The molecule has 0 atom stereocenters. The van der Waals surface area contributed by atoms with Gasteiger partial charge in [-0.25, -0.2) is 9.97 Å². The molecular formula is C17H15N7OS. The highest BCUT2D eigenvalue weighted by molar-refractivity contribution is 7.98. The SMILES string of the molecule is CC(=O)Nc1cccc(-n2cnnc2SCc2cn3cccnc3n2)c1. The lowest BCUT2D eigenvalue weighted by atomic mass is 10.2. The first-order chi connectivity index (χ1) is 12.7. The molecule has 0 aliphatic heterocycles. The number of benzene rings is 1. The summed E-state index contributed by atoms with van der Waals surface area (Å²) in [5, 5.41) is 11.7. The third kappa shape index (κ3) is 3.42. The minimum atomic E-state index is -0.110. The Morgan fingerprint density at radius 2 is 2.23 bits per heavy atom. The first-order valence-electron chi connectivity index (χ1n) is 7.88. The maximum atomic E-state index is 11.3. The number of thioether (sulfide) groups is 1. The molecule has 0 bridgehead atoms. The van der Waals surface area contributed by atoms with E-state index in [0.29, 0.717) is 11.5 Å². The molecule has 0 fully saturated rings. The fourth-order valence-corrected chi connectivity index (χ4v) is 3.34. The van der Waals surface area contributed by atoms with Gasteiger partial charge in [-0.05, 0) is 24.3 Å². The molecule has 0 aliphatic carbocycles. The van der Waals surface area contributed by atoms with E-state index in [9.17, 15) is 4.79 Å². The zero-order valence-electron chi connectivity index (χ0n) is 13.9. The van der Waals surface area contributed by atoms with Crippen LogP contribution in [-0.2, 0) is 10.5 Å². The summed E-state index contributed by atoms with van der Waals surface area (Å²) in [7, 11) is 0. The number of rotatable bonds is 5. The minimum absolute atomic E-state index is 0.110. The van der Waals surface area contributed by atoms with E-state index in [2.05, 4.69) is 25.5 Å². The predicted molar refractivity (Wildman–Crippen MR) is 98.2 cm³/mol. The molecule has 8 nitrogen and oxygen atoms in total. The minimum Gasteiger partial charge on any atom is -0.326 e. The molecule has 4 rings (SSSR count). The number of fused-ring (bicyclic) bond motifs is 1. The van der Waals surface area contributed by atoms with Crippen molar-refractivity contribution in [3.8, 4) is 5.69 Å². The number of carbonyl (C=O) groups is 1. The lowest BCUT2D eigenvalue weighted by molar-refractivity contribution is -0.114. The summed E-state index contributed by atoms with van der Waals surface area (Å²) in [5.74, 6) is 1.21. The van der Waals surface area contributed by atoms with Gasteiger partial charge in [0.05, 0.1) is 11.4 Å². The number of hydrogen-bond donors (Lipinski definition) is 1. The Balaban J connectivity index is 1.54. The van der Waals surface area contributed by atoms with Crippen LogP contribution in [0.3, 0.4) is 0 Å². The molecule has 26 heavy (non-hydrogen) atoms. The molecule has 1 amide bonds. The monoisotopic (exact) mass is 365 g/mol. The Labute approximate surface area is 153 Å². The second kappa shape index (κ2) is 6.96. The third-order valence-corrected chi connectivity index (χ3v) is 4.57. The van der Waals surface area contributed by atoms with E-state index in [1.165, 1.54) is 18.7 Å². The molecule has 0 aliphatic rings. The van der Waals surface area contributed by atoms with Gasteiger partial charge in [-0.3, -0.25) is 13.8 Å². The summed E-state index contributed by atoms with van der Waals surface area (Å²) < 4.78 is 3.77. The van der Waals surface area contributed by atoms with Crippen molar-refractivity contribution in [3.63, 3.8) is 0 Å². The highest BCUT2D eigenvalue weighted by atomic mass is 32.2. The molecule has 1 N–H and O–H groups in total. The third-order valence-electron chi connectivity index (χ3n) is 3.60. The molecule has 9 heteroatoms. The van der Waals surface area contributed by atoms with Crippen molar-refractivity contribution in [2.24, 2.45) is 0 Å². The van der Waals surface area contributed by atoms with Crippen LogP contribution in [0, 0.1) is 0 Å². The van der Waals surface area contributed by atoms with Crippen LogP contribution in [0.5, 0.6) is 0 Å². The van der Waals surface area contributed by atoms with Gasteiger partial charge in [0.1, 0.15) is 6.33 Å². The van der Waals surface area contributed by atoms with Gasteiger partial charge >= 0.3 is 0 Å². The Kier molecular flexibility index (Phi) is 4.36. The Bertz CT molecular complexity index is 1040. The highest BCUT2D eigenvalue weighted by Crippen LogP contribution is 2.24. The first-order valence-corrected chi connectivity index (χ1v) is 8.87. The normalized spacial score (nSPS) is 11.0. The maximum absolute atomic E-state index is 11.3. The van der Waals surface area contributed by atoms with Gasteiger partial charge in [0.25, 0.3) is 0 Å². The van der Waals surface area contributed by atoms with Crippen LogP contribution in [-0.4, -0.2) is 35.0 Å². The van der Waals surface area contributed by atoms with Crippen LogP contribution >= 0.6 is 11.8 Å². The zero-order valence-corrected chi connectivity index (χ0v) is 14.7. The van der Waals surface area contributed by atoms with Crippen molar-refractivity contribution in [3.05, 3.63) is 60.9 Å². The summed E-state index contributed by atoms with van der Waals surface area (Å²) in [6.07, 6.45) is 7.24. The van der Waals surface area contributed by atoms with E-state index in [-0.39, 0.29) is 5.91 Å². The van der Waals surface area contributed by atoms with Gasteiger partial charge in [0, 0.05) is 37.0 Å². The molecule has 3 heterocycles. The van der Waals surface area contributed by atoms with Crippen LogP contribution in [0.4, 0.5) is 5.69 Å². The molecule has 130 valence electrons. The Morgan fingerprint density at radius 3 is 3.08 bits per heavy atom. The van der Waals surface area contributed by atoms with Crippen LogP contribution in [0.25, 0.3) is 11.5 Å². The Morgan fingerprint density at radius 1 is 1.31 bits per heavy atom. The number of carbonyl (C=O) groups excluding carboxylic acids is 1. The average Bonchev–Trinajstić information content (AvgIpc) is 3.26. The molecule has 0 unspecified atom stereocenters. The topological polar surface area (TPSA) is 90.0 Å². The molecule has 0 saturated heterocycles.